The molecule has 2 heterocycles. The van der Waals surface area contributed by atoms with Gasteiger partial charge in [0, 0.05) is 18.1 Å². The summed E-state index contributed by atoms with van der Waals surface area (Å²) >= 11 is 0. The molecule has 0 spiro atoms. The van der Waals surface area contributed by atoms with Gasteiger partial charge in [-0.2, -0.15) is 0 Å². The second kappa shape index (κ2) is 5.55. The number of hydrogen-bond donors (Lipinski definition) is 1. The molecular weight excluding hydrogens is 210 g/mol. The highest BCUT2D eigenvalue weighted by Gasteiger charge is 2.11. The molecule has 0 aliphatic heterocycles. The van der Waals surface area contributed by atoms with Crippen molar-refractivity contribution in [1.29, 1.82) is 0 Å². The average molecular weight is 227 g/mol. The molecule has 0 fully saturated rings. The highest BCUT2D eigenvalue weighted by Crippen LogP contribution is 2.16. The van der Waals surface area contributed by atoms with Gasteiger partial charge in [0.25, 0.3) is 0 Å². The van der Waals surface area contributed by atoms with Crippen molar-refractivity contribution in [2.45, 2.75) is 19.4 Å². The molecule has 2 rings (SSSR count). The van der Waals surface area contributed by atoms with Gasteiger partial charge in [-0.1, -0.05) is 6.07 Å². The third-order valence-corrected chi connectivity index (χ3v) is 2.80. The van der Waals surface area contributed by atoms with Crippen LogP contribution in [0.25, 0.3) is 0 Å². The number of nitrogens with zero attached hydrogens (tertiary/aromatic N) is 2. The van der Waals surface area contributed by atoms with Crippen LogP contribution in [-0.4, -0.2) is 17.0 Å². The quantitative estimate of drug-likeness (QED) is 0.870. The zero-order chi connectivity index (χ0) is 12.1. The van der Waals surface area contributed by atoms with Crippen molar-refractivity contribution in [3.05, 3.63) is 59.7 Å². The second-order valence-corrected chi connectivity index (χ2v) is 4.10. The van der Waals surface area contributed by atoms with E-state index in [0.717, 1.165) is 17.8 Å². The van der Waals surface area contributed by atoms with Crippen LogP contribution >= 0.6 is 0 Å². The van der Waals surface area contributed by atoms with Gasteiger partial charge in [0.15, 0.2) is 0 Å². The molecule has 1 atom stereocenters. The Balaban J connectivity index is 2.17. The molecule has 0 saturated heterocycles. The first-order chi connectivity index (χ1) is 8.29. The van der Waals surface area contributed by atoms with Crippen LogP contribution in [0.5, 0.6) is 0 Å². The summed E-state index contributed by atoms with van der Waals surface area (Å²) in [6, 6.07) is 10.5. The smallest absolute Gasteiger partial charge is 0.0579 e. The Kier molecular flexibility index (Phi) is 3.83. The molecule has 0 aliphatic carbocycles. The molecule has 0 aromatic carbocycles. The van der Waals surface area contributed by atoms with Gasteiger partial charge in [-0.05, 0) is 50.2 Å². The first-order valence-electron chi connectivity index (χ1n) is 5.79. The van der Waals surface area contributed by atoms with Gasteiger partial charge in [-0.15, -0.1) is 0 Å². The first-order valence-corrected chi connectivity index (χ1v) is 5.79. The van der Waals surface area contributed by atoms with Crippen molar-refractivity contribution in [3.63, 3.8) is 0 Å². The lowest BCUT2D eigenvalue weighted by Crippen LogP contribution is -2.20. The summed E-state index contributed by atoms with van der Waals surface area (Å²) in [5.41, 5.74) is 3.41. The van der Waals surface area contributed by atoms with Gasteiger partial charge < -0.3 is 5.32 Å². The third-order valence-electron chi connectivity index (χ3n) is 2.80. The Bertz CT molecular complexity index is 468. The lowest BCUT2D eigenvalue weighted by atomic mass is 10.0. The number of likely N-dealkylation sites (N-methyl/N-ethyl adjacent to an activating group) is 1. The number of aromatic nitrogens is 2. The maximum atomic E-state index is 4.56. The van der Waals surface area contributed by atoms with Crippen molar-refractivity contribution < 1.29 is 0 Å². The normalized spacial score (nSPS) is 12.4. The molecule has 2 aromatic heterocycles. The van der Waals surface area contributed by atoms with Gasteiger partial charge in [-0.3, -0.25) is 9.97 Å². The lowest BCUT2D eigenvalue weighted by molar-refractivity contribution is 0.574. The Morgan fingerprint density at radius 1 is 1.18 bits per heavy atom. The highest BCUT2D eigenvalue weighted by molar-refractivity contribution is 5.18. The molecule has 3 nitrogen and oxygen atoms in total. The highest BCUT2D eigenvalue weighted by atomic mass is 14.9. The zero-order valence-corrected chi connectivity index (χ0v) is 10.2. The molecule has 0 amide bonds. The third kappa shape index (κ3) is 3.11. The van der Waals surface area contributed by atoms with Crippen LogP contribution in [0.1, 0.15) is 23.0 Å². The van der Waals surface area contributed by atoms with Crippen molar-refractivity contribution in [2.75, 3.05) is 7.05 Å². The van der Waals surface area contributed by atoms with E-state index in [2.05, 4.69) is 27.4 Å². The van der Waals surface area contributed by atoms with Crippen molar-refractivity contribution >= 4 is 0 Å². The maximum absolute atomic E-state index is 4.56. The van der Waals surface area contributed by atoms with E-state index in [1.54, 1.807) is 0 Å². The Labute approximate surface area is 102 Å². The van der Waals surface area contributed by atoms with Crippen LogP contribution in [-0.2, 0) is 6.42 Å². The summed E-state index contributed by atoms with van der Waals surface area (Å²) in [6.07, 6.45) is 4.58. The van der Waals surface area contributed by atoms with Gasteiger partial charge in [0.05, 0.1) is 11.7 Å². The number of pyridine rings is 2. The second-order valence-electron chi connectivity index (χ2n) is 4.10. The zero-order valence-electron chi connectivity index (χ0n) is 10.2. The number of rotatable bonds is 4. The molecule has 3 heteroatoms. The van der Waals surface area contributed by atoms with E-state index in [1.807, 2.05) is 44.6 Å². The van der Waals surface area contributed by atoms with Crippen LogP contribution in [0, 0.1) is 6.92 Å². The Hall–Kier alpha value is -1.74. The molecule has 0 aliphatic rings. The predicted molar refractivity (Wildman–Crippen MR) is 68.7 cm³/mol. The predicted octanol–water partition coefficient (Wildman–Crippen LogP) is 2.29. The van der Waals surface area contributed by atoms with Crippen LogP contribution in [0.2, 0.25) is 0 Å². The molecule has 1 N–H and O–H groups in total. The maximum Gasteiger partial charge on any atom is 0.0579 e. The summed E-state index contributed by atoms with van der Waals surface area (Å²) in [7, 11) is 1.97. The molecular formula is C14H17N3. The summed E-state index contributed by atoms with van der Waals surface area (Å²) in [6.45, 7) is 2.02. The van der Waals surface area contributed by atoms with Crippen molar-refractivity contribution in [3.8, 4) is 0 Å². The molecule has 88 valence electrons. The van der Waals surface area contributed by atoms with Crippen LogP contribution in [0.3, 0.4) is 0 Å². The summed E-state index contributed by atoms with van der Waals surface area (Å²) in [5, 5.41) is 3.31. The average Bonchev–Trinajstić information content (AvgIpc) is 2.37. The first kappa shape index (κ1) is 11.7. The standard InChI is InChI=1S/C14H17N3/c1-11-4-3-5-13(17-11)14(15-2)10-12-6-8-16-9-7-12/h3-9,14-15H,10H2,1-2H3. The van der Waals surface area contributed by atoms with Crippen LogP contribution < -0.4 is 5.32 Å². The minimum absolute atomic E-state index is 0.248. The molecule has 0 saturated carbocycles. The van der Waals surface area contributed by atoms with Crippen LogP contribution in [0.15, 0.2) is 42.7 Å². The van der Waals surface area contributed by atoms with Crippen molar-refractivity contribution in [1.82, 2.24) is 15.3 Å². The van der Waals surface area contributed by atoms with E-state index in [0.29, 0.717) is 0 Å². The minimum atomic E-state index is 0.248. The molecule has 0 bridgehead atoms. The summed E-state index contributed by atoms with van der Waals surface area (Å²) < 4.78 is 0. The Morgan fingerprint density at radius 2 is 1.94 bits per heavy atom. The minimum Gasteiger partial charge on any atom is -0.311 e. The van der Waals surface area contributed by atoms with E-state index in [1.165, 1.54) is 5.56 Å². The van der Waals surface area contributed by atoms with E-state index in [4.69, 9.17) is 0 Å². The molecule has 1 unspecified atom stereocenters. The molecule has 0 radical (unpaired) electrons. The van der Waals surface area contributed by atoms with Gasteiger partial charge in [0.1, 0.15) is 0 Å². The molecule has 17 heavy (non-hydrogen) atoms. The number of hydrogen-bond acceptors (Lipinski definition) is 3. The van der Waals surface area contributed by atoms with E-state index in [-0.39, 0.29) is 6.04 Å². The van der Waals surface area contributed by atoms with Crippen molar-refractivity contribution in [2.24, 2.45) is 0 Å². The summed E-state index contributed by atoms with van der Waals surface area (Å²) in [5.74, 6) is 0. The number of aryl methyl sites for hydroxylation is 1. The van der Waals surface area contributed by atoms with Gasteiger partial charge >= 0.3 is 0 Å². The topological polar surface area (TPSA) is 37.8 Å². The SMILES string of the molecule is CNC(Cc1ccncc1)c1cccc(C)n1. The van der Waals surface area contributed by atoms with E-state index in [9.17, 15) is 0 Å². The molecule has 2 aromatic rings. The largest absolute Gasteiger partial charge is 0.311 e. The summed E-state index contributed by atoms with van der Waals surface area (Å²) in [4.78, 5) is 8.59. The monoisotopic (exact) mass is 227 g/mol. The number of nitrogens with one attached hydrogen (secondary N) is 1. The van der Waals surface area contributed by atoms with E-state index >= 15 is 0 Å². The van der Waals surface area contributed by atoms with E-state index < -0.39 is 0 Å². The van der Waals surface area contributed by atoms with Gasteiger partial charge in [0.2, 0.25) is 0 Å². The van der Waals surface area contributed by atoms with Gasteiger partial charge in [-0.25, -0.2) is 0 Å². The Morgan fingerprint density at radius 3 is 2.59 bits per heavy atom. The fourth-order valence-electron chi connectivity index (χ4n) is 1.87. The fraction of sp³-hybridized carbons (Fsp3) is 0.286. The van der Waals surface area contributed by atoms with Crippen LogP contribution in [0.4, 0.5) is 0 Å². The fourth-order valence-corrected chi connectivity index (χ4v) is 1.87. The lowest BCUT2D eigenvalue weighted by Gasteiger charge is -2.16.